The standard InChI is InChI=1S/C16H29N2/c1-14(2,3)12-10-18(16(7,8)9)11-13(17-12)15(4,5)6/h10-11H,1-9H3/q+1. The van der Waals surface area contributed by atoms with E-state index >= 15 is 0 Å². The summed E-state index contributed by atoms with van der Waals surface area (Å²) in [6, 6.07) is 0. The maximum atomic E-state index is 4.87. The van der Waals surface area contributed by atoms with Gasteiger partial charge in [-0.2, -0.15) is 4.57 Å². The van der Waals surface area contributed by atoms with E-state index in [-0.39, 0.29) is 16.4 Å². The van der Waals surface area contributed by atoms with E-state index in [2.05, 4.69) is 79.3 Å². The van der Waals surface area contributed by atoms with Crippen molar-refractivity contribution in [2.45, 2.75) is 78.7 Å². The van der Waals surface area contributed by atoms with Gasteiger partial charge in [-0.05, 0) is 0 Å². The molecule has 0 unspecified atom stereocenters. The summed E-state index contributed by atoms with van der Waals surface area (Å²) < 4.78 is 2.29. The summed E-state index contributed by atoms with van der Waals surface area (Å²) >= 11 is 0. The molecular weight excluding hydrogens is 220 g/mol. The summed E-state index contributed by atoms with van der Waals surface area (Å²) in [4.78, 5) is 4.87. The quantitative estimate of drug-likeness (QED) is 0.640. The highest BCUT2D eigenvalue weighted by molar-refractivity contribution is 5.14. The third-order valence-corrected chi connectivity index (χ3v) is 3.08. The van der Waals surface area contributed by atoms with Crippen LogP contribution in [-0.2, 0) is 16.4 Å². The Labute approximate surface area is 112 Å². The van der Waals surface area contributed by atoms with Crippen LogP contribution >= 0.6 is 0 Å². The first kappa shape index (κ1) is 15.1. The summed E-state index contributed by atoms with van der Waals surface area (Å²) in [5.41, 5.74) is 2.56. The monoisotopic (exact) mass is 249 g/mol. The predicted molar refractivity (Wildman–Crippen MR) is 76.8 cm³/mol. The first-order chi connectivity index (χ1) is 7.82. The van der Waals surface area contributed by atoms with Crippen LogP contribution in [0.2, 0.25) is 0 Å². The zero-order valence-corrected chi connectivity index (χ0v) is 13.5. The lowest BCUT2D eigenvalue weighted by molar-refractivity contribution is -0.755. The number of hydrogen-bond acceptors (Lipinski definition) is 1. The minimum atomic E-state index is 0.0776. The van der Waals surface area contributed by atoms with Gasteiger partial charge >= 0.3 is 0 Å². The van der Waals surface area contributed by atoms with Crippen molar-refractivity contribution in [3.05, 3.63) is 23.8 Å². The maximum absolute atomic E-state index is 4.87. The van der Waals surface area contributed by atoms with E-state index in [4.69, 9.17) is 4.98 Å². The minimum absolute atomic E-state index is 0.0776. The van der Waals surface area contributed by atoms with Crippen LogP contribution in [-0.4, -0.2) is 4.98 Å². The van der Waals surface area contributed by atoms with Gasteiger partial charge in [0.1, 0.15) is 11.4 Å². The van der Waals surface area contributed by atoms with Crippen LogP contribution in [0.3, 0.4) is 0 Å². The molecule has 1 rings (SSSR count). The van der Waals surface area contributed by atoms with Crippen LogP contribution < -0.4 is 4.57 Å². The van der Waals surface area contributed by atoms with Crippen molar-refractivity contribution in [2.75, 3.05) is 0 Å². The molecule has 0 amide bonds. The van der Waals surface area contributed by atoms with Crippen LogP contribution in [0.1, 0.15) is 73.7 Å². The van der Waals surface area contributed by atoms with Gasteiger partial charge in [-0.3, -0.25) is 0 Å². The number of hydrogen-bond donors (Lipinski definition) is 0. The smallest absolute Gasteiger partial charge is 0.191 e. The fourth-order valence-electron chi connectivity index (χ4n) is 1.60. The van der Waals surface area contributed by atoms with Gasteiger partial charge in [0.05, 0.1) is 0 Å². The molecule has 0 saturated carbocycles. The van der Waals surface area contributed by atoms with E-state index in [1.165, 1.54) is 0 Å². The van der Waals surface area contributed by atoms with Crippen molar-refractivity contribution in [2.24, 2.45) is 0 Å². The highest BCUT2D eigenvalue weighted by Crippen LogP contribution is 2.24. The molecule has 0 fully saturated rings. The van der Waals surface area contributed by atoms with Gasteiger partial charge in [0.15, 0.2) is 17.9 Å². The molecule has 2 nitrogen and oxygen atoms in total. The second-order valence-electron chi connectivity index (χ2n) is 8.22. The van der Waals surface area contributed by atoms with E-state index in [1.807, 2.05) is 0 Å². The normalized spacial score (nSPS) is 13.8. The molecule has 1 aromatic heterocycles. The van der Waals surface area contributed by atoms with Crippen molar-refractivity contribution in [3.8, 4) is 0 Å². The second kappa shape index (κ2) is 4.32. The van der Waals surface area contributed by atoms with Gasteiger partial charge in [0, 0.05) is 31.6 Å². The molecule has 0 N–H and O–H groups in total. The van der Waals surface area contributed by atoms with Gasteiger partial charge in [0.2, 0.25) is 0 Å². The molecule has 2 heteroatoms. The van der Waals surface area contributed by atoms with E-state index in [0.717, 1.165) is 11.4 Å². The molecule has 102 valence electrons. The Balaban J connectivity index is 3.49. The summed E-state index contributed by atoms with van der Waals surface area (Å²) in [5.74, 6) is 0. The average molecular weight is 249 g/mol. The van der Waals surface area contributed by atoms with Crippen molar-refractivity contribution in [1.82, 2.24) is 4.98 Å². The molecule has 1 heterocycles. The van der Waals surface area contributed by atoms with Crippen LogP contribution in [0.4, 0.5) is 0 Å². The summed E-state index contributed by atoms with van der Waals surface area (Å²) in [6.45, 7) is 20.0. The van der Waals surface area contributed by atoms with Crippen LogP contribution in [0, 0.1) is 0 Å². The second-order valence-corrected chi connectivity index (χ2v) is 8.22. The summed E-state index contributed by atoms with van der Waals surface area (Å²) in [7, 11) is 0. The van der Waals surface area contributed by atoms with Crippen molar-refractivity contribution in [1.29, 1.82) is 0 Å². The van der Waals surface area contributed by atoms with Crippen LogP contribution in [0.25, 0.3) is 0 Å². The number of nitrogens with zero attached hydrogens (tertiary/aromatic N) is 2. The lowest BCUT2D eigenvalue weighted by atomic mass is 9.89. The average Bonchev–Trinajstić information content (AvgIpc) is 2.13. The molecule has 0 radical (unpaired) electrons. The lowest BCUT2D eigenvalue weighted by Crippen LogP contribution is -2.51. The maximum Gasteiger partial charge on any atom is 0.191 e. The first-order valence-corrected chi connectivity index (χ1v) is 6.76. The molecule has 0 bridgehead atoms. The Morgan fingerprint density at radius 3 is 1.28 bits per heavy atom. The van der Waals surface area contributed by atoms with Crippen LogP contribution in [0.5, 0.6) is 0 Å². The van der Waals surface area contributed by atoms with Crippen LogP contribution in [0.15, 0.2) is 12.4 Å². The largest absolute Gasteiger partial charge is 0.244 e. The zero-order chi connectivity index (χ0) is 14.4. The van der Waals surface area contributed by atoms with E-state index in [1.54, 1.807) is 0 Å². The fraction of sp³-hybridized carbons (Fsp3) is 0.750. The molecule has 0 aliphatic rings. The number of rotatable bonds is 0. The number of aromatic nitrogens is 2. The Hall–Kier alpha value is -0.920. The third-order valence-electron chi connectivity index (χ3n) is 3.08. The van der Waals surface area contributed by atoms with Crippen molar-refractivity contribution < 1.29 is 4.57 Å². The summed E-state index contributed by atoms with van der Waals surface area (Å²) in [5, 5.41) is 0. The molecule has 0 saturated heterocycles. The Morgan fingerprint density at radius 2 is 1.06 bits per heavy atom. The van der Waals surface area contributed by atoms with Gasteiger partial charge in [-0.15, -0.1) is 0 Å². The molecule has 0 aromatic carbocycles. The molecule has 0 aliphatic carbocycles. The fourth-order valence-corrected chi connectivity index (χ4v) is 1.60. The highest BCUT2D eigenvalue weighted by Gasteiger charge is 2.30. The third kappa shape index (κ3) is 3.54. The topological polar surface area (TPSA) is 16.8 Å². The SMILES string of the molecule is CC(C)(C)c1c[n+](C(C)(C)C)cc(C(C)(C)C)n1. The van der Waals surface area contributed by atoms with Crippen molar-refractivity contribution in [3.63, 3.8) is 0 Å². The molecule has 0 aliphatic heterocycles. The minimum Gasteiger partial charge on any atom is -0.244 e. The van der Waals surface area contributed by atoms with Crippen molar-refractivity contribution >= 4 is 0 Å². The molecule has 0 spiro atoms. The predicted octanol–water partition coefficient (Wildman–Crippen LogP) is 3.72. The molecular formula is C16H29N2+. The zero-order valence-electron chi connectivity index (χ0n) is 13.5. The van der Waals surface area contributed by atoms with Gasteiger partial charge in [-0.25, -0.2) is 4.98 Å². The molecule has 1 aromatic rings. The van der Waals surface area contributed by atoms with E-state index in [0.29, 0.717) is 0 Å². The molecule has 0 atom stereocenters. The van der Waals surface area contributed by atoms with Gasteiger partial charge in [-0.1, -0.05) is 41.5 Å². The van der Waals surface area contributed by atoms with E-state index < -0.39 is 0 Å². The molecule has 18 heavy (non-hydrogen) atoms. The Morgan fingerprint density at radius 1 is 0.722 bits per heavy atom. The van der Waals surface area contributed by atoms with Gasteiger partial charge in [0.25, 0.3) is 0 Å². The Bertz CT molecular complexity index is 347. The highest BCUT2D eigenvalue weighted by atomic mass is 15.0. The lowest BCUT2D eigenvalue weighted by Gasteiger charge is -2.24. The van der Waals surface area contributed by atoms with Gasteiger partial charge < -0.3 is 0 Å². The summed E-state index contributed by atoms with van der Waals surface area (Å²) in [6.07, 6.45) is 4.38. The first-order valence-electron chi connectivity index (χ1n) is 6.76. The van der Waals surface area contributed by atoms with E-state index in [9.17, 15) is 0 Å². The Kier molecular flexibility index (Phi) is 3.64.